The number of anilines is 1. The second kappa shape index (κ2) is 10.9. The van der Waals surface area contributed by atoms with Gasteiger partial charge in [0.2, 0.25) is 0 Å². The topological polar surface area (TPSA) is 94.5 Å². The standard InChI is InChI=1S/C19H25N5O2S.C2H6/c1-4-26-19(25)14-8-16(27-11-14)15-10-22-17(20)18(24(15)3)23-12(2)13-6-5-7-21-9-13;1-2/h8,10-11,13,21H,2,4-7,9H2,1,3H3,(H2,20,22);1-2H3/t13-;/m0./s1. The second-order valence-corrected chi connectivity index (χ2v) is 7.39. The van der Waals surface area contributed by atoms with Gasteiger partial charge in [-0.05, 0) is 32.4 Å². The van der Waals surface area contributed by atoms with Crippen LogP contribution in [0.5, 0.6) is 0 Å². The number of piperidine rings is 1. The fourth-order valence-corrected chi connectivity index (χ4v) is 4.00. The van der Waals surface area contributed by atoms with E-state index in [1.807, 2.05) is 25.5 Å². The highest BCUT2D eigenvalue weighted by molar-refractivity contribution is 7.13. The number of nitrogen functional groups attached to an aromatic ring is 1. The zero-order valence-corrected chi connectivity index (χ0v) is 18.5. The Balaban J connectivity index is 0.00000145. The maximum absolute atomic E-state index is 11.9. The summed E-state index contributed by atoms with van der Waals surface area (Å²) >= 11 is 1.46. The van der Waals surface area contributed by atoms with E-state index >= 15 is 0 Å². The third kappa shape index (κ3) is 5.55. The van der Waals surface area contributed by atoms with Crippen molar-refractivity contribution in [2.45, 2.75) is 33.6 Å². The molecule has 0 radical (unpaired) electrons. The maximum atomic E-state index is 11.9. The van der Waals surface area contributed by atoms with Crippen LogP contribution in [-0.4, -0.2) is 35.2 Å². The Morgan fingerprint density at radius 3 is 2.93 bits per heavy atom. The molecule has 0 amide bonds. The first-order valence-electron chi connectivity index (χ1n) is 10.0. The molecule has 0 spiro atoms. The smallest absolute Gasteiger partial charge is 0.338 e. The van der Waals surface area contributed by atoms with Crippen LogP contribution in [0, 0.1) is 5.92 Å². The van der Waals surface area contributed by atoms with Crippen LogP contribution in [0.3, 0.4) is 0 Å². The van der Waals surface area contributed by atoms with Gasteiger partial charge in [-0.25, -0.2) is 14.8 Å². The number of carbonyl (C=O) groups is 1. The molecule has 0 bridgehead atoms. The summed E-state index contributed by atoms with van der Waals surface area (Å²) in [5.41, 5.74) is 8.84. The average molecular weight is 418 g/mol. The normalized spacial score (nSPS) is 16.7. The van der Waals surface area contributed by atoms with E-state index in [-0.39, 0.29) is 5.97 Å². The zero-order chi connectivity index (χ0) is 21.4. The van der Waals surface area contributed by atoms with Gasteiger partial charge in [0.1, 0.15) is 0 Å². The van der Waals surface area contributed by atoms with Gasteiger partial charge in [0.25, 0.3) is 0 Å². The zero-order valence-electron chi connectivity index (χ0n) is 17.7. The van der Waals surface area contributed by atoms with Crippen molar-refractivity contribution in [2.24, 2.45) is 18.0 Å². The lowest BCUT2D eigenvalue weighted by atomic mass is 9.97. The Kier molecular flexibility index (Phi) is 8.60. The van der Waals surface area contributed by atoms with Crippen LogP contribution in [0.1, 0.15) is 44.0 Å². The van der Waals surface area contributed by atoms with E-state index in [9.17, 15) is 4.79 Å². The molecule has 8 heteroatoms. The largest absolute Gasteiger partial charge is 0.462 e. The maximum Gasteiger partial charge on any atom is 0.338 e. The van der Waals surface area contributed by atoms with E-state index in [1.165, 1.54) is 11.3 Å². The summed E-state index contributed by atoms with van der Waals surface area (Å²) in [5.74, 6) is 0.335. The summed E-state index contributed by atoms with van der Waals surface area (Å²) < 4.78 is 6.95. The van der Waals surface area contributed by atoms with Crippen molar-refractivity contribution in [3.8, 4) is 10.6 Å². The van der Waals surface area contributed by atoms with Crippen molar-refractivity contribution in [3.63, 3.8) is 0 Å². The lowest BCUT2D eigenvalue weighted by molar-refractivity contribution is 0.0527. The lowest BCUT2D eigenvalue weighted by Gasteiger charge is -2.22. The second-order valence-electron chi connectivity index (χ2n) is 6.48. The van der Waals surface area contributed by atoms with Crippen LogP contribution in [0.2, 0.25) is 0 Å². The molecule has 7 nitrogen and oxygen atoms in total. The molecule has 1 fully saturated rings. The predicted molar refractivity (Wildman–Crippen MR) is 119 cm³/mol. The Labute approximate surface area is 176 Å². The van der Waals surface area contributed by atoms with E-state index in [4.69, 9.17) is 15.5 Å². The number of hydrogen-bond donors (Lipinski definition) is 2. The number of nitrogens with two attached hydrogens (primary N) is 1. The molecule has 3 N–H and O–H groups in total. The van der Waals surface area contributed by atoms with Crippen molar-refractivity contribution in [3.05, 3.63) is 41.0 Å². The summed E-state index contributed by atoms with van der Waals surface area (Å²) in [6.45, 7) is 12.2. The Morgan fingerprint density at radius 2 is 2.28 bits per heavy atom. The van der Waals surface area contributed by atoms with E-state index in [1.54, 1.807) is 24.6 Å². The summed E-state index contributed by atoms with van der Waals surface area (Å²) in [4.78, 5) is 21.8. The van der Waals surface area contributed by atoms with Crippen LogP contribution in [0.4, 0.5) is 5.82 Å². The van der Waals surface area contributed by atoms with Gasteiger partial charge in [0, 0.05) is 30.6 Å². The lowest BCUT2D eigenvalue weighted by Crippen LogP contribution is -2.31. The number of ether oxygens (including phenoxy) is 1. The molecule has 3 heterocycles. The predicted octanol–water partition coefficient (Wildman–Crippen LogP) is 3.35. The van der Waals surface area contributed by atoms with Crippen molar-refractivity contribution in [2.75, 3.05) is 25.4 Å². The highest BCUT2D eigenvalue weighted by Crippen LogP contribution is 2.26. The van der Waals surface area contributed by atoms with Gasteiger partial charge in [0.05, 0.1) is 28.9 Å². The monoisotopic (exact) mass is 417 g/mol. The van der Waals surface area contributed by atoms with Crippen LogP contribution >= 0.6 is 11.3 Å². The molecule has 0 saturated carbocycles. The van der Waals surface area contributed by atoms with Crippen molar-refractivity contribution in [1.29, 1.82) is 0 Å². The average Bonchev–Trinajstić information content (AvgIpc) is 3.23. The molecule has 1 aliphatic rings. The molecule has 0 aliphatic carbocycles. The summed E-state index contributed by atoms with van der Waals surface area (Å²) in [5, 5.41) is 5.16. The Morgan fingerprint density at radius 1 is 1.52 bits per heavy atom. The molecular weight excluding hydrogens is 386 g/mol. The van der Waals surface area contributed by atoms with Gasteiger partial charge in [-0.2, -0.15) is 0 Å². The van der Waals surface area contributed by atoms with Crippen molar-refractivity contribution in [1.82, 2.24) is 14.9 Å². The molecule has 0 unspecified atom stereocenters. The molecule has 1 atom stereocenters. The summed E-state index contributed by atoms with van der Waals surface area (Å²) in [7, 11) is 1.89. The van der Waals surface area contributed by atoms with E-state index in [0.29, 0.717) is 29.4 Å². The van der Waals surface area contributed by atoms with Gasteiger partial charge in [-0.1, -0.05) is 20.4 Å². The van der Waals surface area contributed by atoms with Crippen molar-refractivity contribution < 1.29 is 9.53 Å². The first-order valence-corrected chi connectivity index (χ1v) is 10.9. The SMILES string of the molecule is C=C(N=c1c(N)ncc(-c2cc(C(=O)OCC)cs2)n1C)[C@H]1CCCNC1.CC. The van der Waals surface area contributed by atoms with Crippen molar-refractivity contribution >= 4 is 23.1 Å². The molecule has 0 aromatic carbocycles. The van der Waals surface area contributed by atoms with Crippen LogP contribution < -0.4 is 16.5 Å². The molecule has 3 rings (SSSR count). The highest BCUT2D eigenvalue weighted by atomic mass is 32.1. The minimum atomic E-state index is -0.325. The fraction of sp³-hybridized carbons (Fsp3) is 0.476. The van der Waals surface area contributed by atoms with Crippen LogP contribution in [-0.2, 0) is 11.8 Å². The van der Waals surface area contributed by atoms with Gasteiger partial charge in [-0.3, -0.25) is 0 Å². The number of thiophene rings is 1. The van der Waals surface area contributed by atoms with E-state index in [0.717, 1.165) is 42.2 Å². The number of nitrogens with one attached hydrogen (secondary N) is 1. The molecule has 1 saturated heterocycles. The van der Waals surface area contributed by atoms with Gasteiger partial charge < -0.3 is 20.4 Å². The molecule has 158 valence electrons. The quantitative estimate of drug-likeness (QED) is 0.728. The van der Waals surface area contributed by atoms with E-state index < -0.39 is 0 Å². The number of rotatable bonds is 5. The van der Waals surface area contributed by atoms with Gasteiger partial charge >= 0.3 is 5.97 Å². The Hall–Kier alpha value is -2.45. The number of esters is 1. The molecule has 2 aromatic heterocycles. The van der Waals surface area contributed by atoms with Crippen LogP contribution in [0.25, 0.3) is 10.6 Å². The number of carbonyl (C=O) groups excluding carboxylic acids is 1. The first-order chi connectivity index (χ1) is 14.0. The van der Waals surface area contributed by atoms with E-state index in [2.05, 4.69) is 16.9 Å². The first kappa shape index (κ1) is 22.8. The van der Waals surface area contributed by atoms with Gasteiger partial charge in [0.15, 0.2) is 11.3 Å². The molecular formula is C21H31N5O2S. The summed E-state index contributed by atoms with van der Waals surface area (Å²) in [6.07, 6.45) is 3.88. The third-order valence-electron chi connectivity index (χ3n) is 4.61. The minimum Gasteiger partial charge on any atom is -0.462 e. The highest BCUT2D eigenvalue weighted by Gasteiger charge is 2.17. The third-order valence-corrected chi connectivity index (χ3v) is 5.57. The molecule has 1 aliphatic heterocycles. The van der Waals surface area contributed by atoms with Crippen LogP contribution in [0.15, 0.2) is 34.9 Å². The number of nitrogens with zero attached hydrogens (tertiary/aromatic N) is 3. The summed E-state index contributed by atoms with van der Waals surface area (Å²) in [6, 6.07) is 1.81. The fourth-order valence-electron chi connectivity index (χ4n) is 3.08. The number of hydrogen-bond acceptors (Lipinski definition) is 7. The number of aromatic nitrogens is 2. The molecule has 29 heavy (non-hydrogen) atoms. The van der Waals surface area contributed by atoms with Gasteiger partial charge in [-0.15, -0.1) is 11.3 Å². The minimum absolute atomic E-state index is 0.305. The Bertz CT molecular complexity index is 910. The molecule has 2 aromatic rings.